The maximum atomic E-state index is 11.5. The summed E-state index contributed by atoms with van der Waals surface area (Å²) in [7, 11) is 0. The largest absolute Gasteiger partial charge is 0.573 e. The van der Waals surface area contributed by atoms with Crippen LogP contribution in [0.3, 0.4) is 0 Å². The Balaban J connectivity index is 4.02. The molecule has 74 valence electrons. The van der Waals surface area contributed by atoms with Crippen LogP contribution in [0.1, 0.15) is 0 Å². The molecule has 0 unspecified atom stereocenters. The van der Waals surface area contributed by atoms with Gasteiger partial charge < -0.3 is 9.84 Å². The number of aliphatic hydroxyl groups is 1. The molecule has 0 heterocycles. The highest BCUT2D eigenvalue weighted by atomic mass is 19.4. The Morgan fingerprint density at radius 1 is 1.31 bits per heavy atom. The molecule has 0 saturated carbocycles. The molecular weight excluding hydrogens is 185 g/mol. The Morgan fingerprint density at radius 3 is 2.23 bits per heavy atom. The second-order valence-electron chi connectivity index (χ2n) is 2.16. The maximum Gasteiger partial charge on any atom is 0.573 e. The van der Waals surface area contributed by atoms with E-state index in [1.807, 2.05) is 0 Å². The zero-order valence-electron chi connectivity index (χ0n) is 6.77. The molecule has 0 saturated heterocycles. The van der Waals surface area contributed by atoms with Crippen molar-refractivity contribution in [1.29, 1.82) is 0 Å². The number of ether oxygens (including phenoxy) is 1. The van der Waals surface area contributed by atoms with E-state index in [9.17, 15) is 13.2 Å². The van der Waals surface area contributed by atoms with Crippen LogP contribution >= 0.6 is 0 Å². The van der Waals surface area contributed by atoms with Gasteiger partial charge in [0, 0.05) is 0 Å². The minimum Gasteiger partial charge on any atom is -0.406 e. The first-order chi connectivity index (χ1) is 5.85. The topological polar surface area (TPSA) is 29.5 Å². The van der Waals surface area contributed by atoms with Crippen molar-refractivity contribution < 1.29 is 23.0 Å². The summed E-state index contributed by atoms with van der Waals surface area (Å²) in [6.45, 7) is 6.00. The third kappa shape index (κ3) is 7.14. The number of allylic oxidation sites excluding steroid dienone is 1. The second-order valence-corrected chi connectivity index (χ2v) is 2.16. The Bertz CT molecular complexity index is 228. The van der Waals surface area contributed by atoms with Crippen LogP contribution in [0.5, 0.6) is 0 Å². The van der Waals surface area contributed by atoms with Gasteiger partial charge in [-0.05, 0) is 11.6 Å². The SMILES string of the molecule is C=C(/C=C\C(=C)OC(F)(F)F)CO. The average Bonchev–Trinajstić information content (AvgIpc) is 1.97. The van der Waals surface area contributed by atoms with Gasteiger partial charge in [-0.1, -0.05) is 19.2 Å². The summed E-state index contributed by atoms with van der Waals surface area (Å²) in [6.07, 6.45) is -2.57. The van der Waals surface area contributed by atoms with Gasteiger partial charge in [0.25, 0.3) is 0 Å². The van der Waals surface area contributed by atoms with Crippen LogP contribution in [0.4, 0.5) is 13.2 Å². The van der Waals surface area contributed by atoms with Crippen LogP contribution in [-0.2, 0) is 4.74 Å². The van der Waals surface area contributed by atoms with Gasteiger partial charge in [-0.2, -0.15) is 0 Å². The predicted molar refractivity (Wildman–Crippen MR) is 41.6 cm³/mol. The maximum absolute atomic E-state index is 11.5. The summed E-state index contributed by atoms with van der Waals surface area (Å²) < 4.78 is 38.0. The first-order valence-electron chi connectivity index (χ1n) is 3.26. The summed E-state index contributed by atoms with van der Waals surface area (Å²) >= 11 is 0. The lowest BCUT2D eigenvalue weighted by molar-refractivity contribution is -0.303. The highest BCUT2D eigenvalue weighted by molar-refractivity contribution is 5.21. The lowest BCUT2D eigenvalue weighted by Crippen LogP contribution is -2.11. The van der Waals surface area contributed by atoms with Crippen LogP contribution < -0.4 is 0 Å². The van der Waals surface area contributed by atoms with E-state index >= 15 is 0 Å². The summed E-state index contributed by atoms with van der Waals surface area (Å²) in [6, 6.07) is 0. The van der Waals surface area contributed by atoms with Crippen LogP contribution in [0.25, 0.3) is 0 Å². The Labute approximate surface area is 73.6 Å². The Kier molecular flexibility index (Phi) is 4.27. The van der Waals surface area contributed by atoms with Crippen molar-refractivity contribution in [2.45, 2.75) is 6.36 Å². The van der Waals surface area contributed by atoms with Crippen molar-refractivity contribution in [3.8, 4) is 0 Å². The number of hydrogen-bond acceptors (Lipinski definition) is 2. The number of alkyl halides is 3. The molecule has 13 heavy (non-hydrogen) atoms. The molecule has 0 radical (unpaired) electrons. The number of aliphatic hydroxyl groups excluding tert-OH is 1. The molecule has 0 fully saturated rings. The minimum absolute atomic E-state index is 0.270. The number of halogens is 3. The van der Waals surface area contributed by atoms with E-state index in [4.69, 9.17) is 5.11 Å². The molecule has 0 aromatic rings. The first kappa shape index (κ1) is 11.8. The van der Waals surface area contributed by atoms with Gasteiger partial charge in [-0.25, -0.2) is 0 Å². The standard InChI is InChI=1S/C8H9F3O2/c1-6(5-12)3-4-7(2)13-8(9,10)11/h3-4,12H,1-2,5H2/b4-3-. The van der Waals surface area contributed by atoms with Gasteiger partial charge in [0.05, 0.1) is 6.61 Å². The fourth-order valence-electron chi connectivity index (χ4n) is 0.446. The number of rotatable bonds is 4. The average molecular weight is 194 g/mol. The molecule has 0 aromatic carbocycles. The van der Waals surface area contributed by atoms with Gasteiger partial charge in [0.15, 0.2) is 0 Å². The smallest absolute Gasteiger partial charge is 0.406 e. The lowest BCUT2D eigenvalue weighted by atomic mass is 10.3. The van der Waals surface area contributed by atoms with Crippen molar-refractivity contribution in [1.82, 2.24) is 0 Å². The van der Waals surface area contributed by atoms with Crippen molar-refractivity contribution in [3.05, 3.63) is 36.6 Å². The predicted octanol–water partition coefficient (Wildman–Crippen LogP) is 2.14. The fourth-order valence-corrected chi connectivity index (χ4v) is 0.446. The third-order valence-corrected chi connectivity index (χ3v) is 0.955. The van der Waals surface area contributed by atoms with E-state index in [2.05, 4.69) is 17.9 Å². The van der Waals surface area contributed by atoms with Gasteiger partial charge in [-0.15, -0.1) is 13.2 Å². The molecule has 0 aliphatic carbocycles. The summed E-state index contributed by atoms with van der Waals surface area (Å²) in [5.41, 5.74) is 0.270. The molecule has 0 aromatic heterocycles. The zero-order valence-corrected chi connectivity index (χ0v) is 6.77. The van der Waals surface area contributed by atoms with E-state index in [1.165, 1.54) is 6.08 Å². The molecule has 0 rings (SSSR count). The molecular formula is C8H9F3O2. The van der Waals surface area contributed by atoms with Gasteiger partial charge in [0.1, 0.15) is 5.76 Å². The quantitative estimate of drug-likeness (QED) is 0.548. The van der Waals surface area contributed by atoms with Gasteiger partial charge in [0.2, 0.25) is 0 Å². The van der Waals surface area contributed by atoms with Crippen molar-refractivity contribution in [2.24, 2.45) is 0 Å². The first-order valence-corrected chi connectivity index (χ1v) is 3.26. The van der Waals surface area contributed by atoms with Gasteiger partial charge in [-0.3, -0.25) is 0 Å². The molecule has 5 heteroatoms. The monoisotopic (exact) mass is 194 g/mol. The van der Waals surface area contributed by atoms with E-state index in [-0.39, 0.29) is 12.2 Å². The van der Waals surface area contributed by atoms with Crippen LogP contribution in [-0.4, -0.2) is 18.1 Å². The normalized spacial score (nSPS) is 11.7. The fraction of sp³-hybridized carbons (Fsp3) is 0.250. The second kappa shape index (κ2) is 4.71. The van der Waals surface area contributed by atoms with Crippen LogP contribution in [0, 0.1) is 0 Å². The Morgan fingerprint density at radius 2 is 1.85 bits per heavy atom. The van der Waals surface area contributed by atoms with Gasteiger partial charge >= 0.3 is 6.36 Å². The van der Waals surface area contributed by atoms with Crippen molar-refractivity contribution in [2.75, 3.05) is 6.61 Å². The molecule has 0 atom stereocenters. The van der Waals surface area contributed by atoms with Crippen LogP contribution in [0.2, 0.25) is 0 Å². The lowest BCUT2D eigenvalue weighted by Gasteiger charge is -2.07. The molecule has 0 bridgehead atoms. The molecule has 0 spiro atoms. The Hall–Kier alpha value is -1.23. The minimum atomic E-state index is -4.73. The van der Waals surface area contributed by atoms with E-state index < -0.39 is 12.1 Å². The van der Waals surface area contributed by atoms with E-state index in [0.717, 1.165) is 6.08 Å². The van der Waals surface area contributed by atoms with Crippen molar-refractivity contribution in [3.63, 3.8) is 0 Å². The van der Waals surface area contributed by atoms with Crippen LogP contribution in [0.15, 0.2) is 36.6 Å². The summed E-state index contributed by atoms with van der Waals surface area (Å²) in [5.74, 6) is -0.554. The molecule has 2 nitrogen and oxygen atoms in total. The summed E-state index contributed by atoms with van der Waals surface area (Å²) in [5, 5.41) is 8.44. The molecule has 0 amide bonds. The number of hydrogen-bond donors (Lipinski definition) is 1. The van der Waals surface area contributed by atoms with E-state index in [1.54, 1.807) is 0 Å². The van der Waals surface area contributed by atoms with Crippen molar-refractivity contribution >= 4 is 0 Å². The molecule has 1 N–H and O–H groups in total. The zero-order chi connectivity index (χ0) is 10.5. The summed E-state index contributed by atoms with van der Waals surface area (Å²) in [4.78, 5) is 0. The highest BCUT2D eigenvalue weighted by Gasteiger charge is 2.30. The molecule has 0 aliphatic rings. The molecule has 0 aliphatic heterocycles. The third-order valence-electron chi connectivity index (χ3n) is 0.955. The highest BCUT2D eigenvalue weighted by Crippen LogP contribution is 2.20. The van der Waals surface area contributed by atoms with E-state index in [0.29, 0.717) is 0 Å².